The van der Waals surface area contributed by atoms with Crippen LogP contribution in [0, 0.1) is 13.8 Å². The lowest BCUT2D eigenvalue weighted by Crippen LogP contribution is -1.92. The number of aliphatic imine (C=N–C) groups is 1. The first-order chi connectivity index (χ1) is 14.6. The summed E-state index contributed by atoms with van der Waals surface area (Å²) in [4.78, 5) is 3.87. The van der Waals surface area contributed by atoms with Crippen LogP contribution in [0.3, 0.4) is 0 Å². The van der Waals surface area contributed by atoms with Crippen LogP contribution in [0.4, 0.5) is 0 Å². The van der Waals surface area contributed by atoms with Gasteiger partial charge in [0.1, 0.15) is 0 Å². The maximum atomic E-state index is 3.99. The van der Waals surface area contributed by atoms with E-state index in [1.54, 1.807) is 0 Å². The Balaban J connectivity index is -0.000000384. The summed E-state index contributed by atoms with van der Waals surface area (Å²) >= 11 is 0. The van der Waals surface area contributed by atoms with Crippen LogP contribution in [-0.4, -0.2) is 6.72 Å². The highest BCUT2D eigenvalue weighted by molar-refractivity contribution is 5.65. The Hall–Kier alpha value is -1.63. The Kier molecular flexibility index (Phi) is 25.3. The van der Waals surface area contributed by atoms with Crippen LogP contribution in [0.5, 0.6) is 0 Å². The normalized spacial score (nSPS) is 10.3. The van der Waals surface area contributed by atoms with Crippen molar-refractivity contribution in [3.05, 3.63) is 52.2 Å². The van der Waals surface area contributed by atoms with Gasteiger partial charge in [0.2, 0.25) is 0 Å². The second-order valence-electron chi connectivity index (χ2n) is 8.35. The molecular formula is C30H55N. The molecule has 0 radical (unpaired) electrons. The highest BCUT2D eigenvalue weighted by atomic mass is 14.7. The molecule has 0 saturated carbocycles. The highest BCUT2D eigenvalue weighted by Crippen LogP contribution is 2.21. The summed E-state index contributed by atoms with van der Waals surface area (Å²) < 4.78 is 0. The average molecular weight is 430 g/mol. The quantitative estimate of drug-likeness (QED) is 0.364. The molecule has 0 saturated heterocycles. The van der Waals surface area contributed by atoms with E-state index in [4.69, 9.17) is 0 Å². The molecule has 0 aliphatic carbocycles. The van der Waals surface area contributed by atoms with Gasteiger partial charge in [-0.2, -0.15) is 0 Å². The number of aryl methyl sites for hydroxylation is 3. The van der Waals surface area contributed by atoms with Crippen molar-refractivity contribution in [2.75, 3.05) is 0 Å². The number of rotatable bonds is 8. The molecular weight excluding hydrogens is 374 g/mol. The molecule has 0 spiro atoms. The van der Waals surface area contributed by atoms with Gasteiger partial charge in [0.25, 0.3) is 0 Å². The lowest BCUT2D eigenvalue weighted by Gasteiger charge is -2.10. The molecule has 0 atom stereocenters. The molecule has 31 heavy (non-hydrogen) atoms. The van der Waals surface area contributed by atoms with Crippen molar-refractivity contribution in [2.45, 2.75) is 128 Å². The van der Waals surface area contributed by atoms with E-state index < -0.39 is 0 Å². The molecule has 0 amide bonds. The van der Waals surface area contributed by atoms with Gasteiger partial charge in [-0.1, -0.05) is 104 Å². The highest BCUT2D eigenvalue weighted by Gasteiger charge is 2.03. The summed E-state index contributed by atoms with van der Waals surface area (Å²) in [6, 6.07) is 4.52. The van der Waals surface area contributed by atoms with Crippen molar-refractivity contribution in [2.24, 2.45) is 4.99 Å². The van der Waals surface area contributed by atoms with Gasteiger partial charge in [0.05, 0.1) is 0 Å². The molecule has 1 rings (SSSR count). The van der Waals surface area contributed by atoms with Gasteiger partial charge in [-0.15, -0.1) is 0 Å². The van der Waals surface area contributed by atoms with E-state index in [1.807, 2.05) is 6.92 Å². The largest absolute Gasteiger partial charge is 0.269 e. The second-order valence-corrected chi connectivity index (χ2v) is 8.35. The summed E-state index contributed by atoms with van der Waals surface area (Å²) in [6.07, 6.45) is 10.1. The first-order valence-electron chi connectivity index (χ1n) is 12.5. The third kappa shape index (κ3) is 18.8. The van der Waals surface area contributed by atoms with Crippen LogP contribution in [0.1, 0.15) is 130 Å². The van der Waals surface area contributed by atoms with Crippen LogP contribution < -0.4 is 0 Å². The van der Waals surface area contributed by atoms with Gasteiger partial charge in [-0.25, -0.2) is 0 Å². The zero-order valence-corrected chi connectivity index (χ0v) is 23.2. The number of nitrogens with zero attached hydrogens (tertiary/aromatic N) is 1. The molecule has 180 valence electrons. The minimum absolute atomic E-state index is 1.09. The topological polar surface area (TPSA) is 12.4 Å². The van der Waals surface area contributed by atoms with Crippen molar-refractivity contribution >= 4 is 12.3 Å². The zero-order chi connectivity index (χ0) is 24.8. The molecule has 1 nitrogen and oxygen atoms in total. The lowest BCUT2D eigenvalue weighted by atomic mass is 9.95. The van der Waals surface area contributed by atoms with Crippen molar-refractivity contribution in [3.63, 3.8) is 0 Å². The van der Waals surface area contributed by atoms with Crippen LogP contribution >= 0.6 is 0 Å². The summed E-state index contributed by atoms with van der Waals surface area (Å²) in [5.41, 5.74) is 9.09. The molecule has 0 bridgehead atoms. The maximum Gasteiger partial charge on any atom is 0.0354 e. The van der Waals surface area contributed by atoms with E-state index in [0.29, 0.717) is 0 Å². The SMILES string of the molecule is C=C(C)c1cc(CC)c(C)cc1C.C=N/C(C)=C(/C)CCCC.CCCC.CCCC. The smallest absolute Gasteiger partial charge is 0.0354 e. The monoisotopic (exact) mass is 429 g/mol. The lowest BCUT2D eigenvalue weighted by molar-refractivity contribution is 0.779. The third-order valence-corrected chi connectivity index (χ3v) is 5.28. The summed E-state index contributed by atoms with van der Waals surface area (Å²) in [6.45, 7) is 31.1. The van der Waals surface area contributed by atoms with Crippen LogP contribution in [0.15, 0.2) is 35.0 Å². The number of benzene rings is 1. The summed E-state index contributed by atoms with van der Waals surface area (Å²) in [5, 5.41) is 0. The molecule has 0 N–H and O–H groups in total. The van der Waals surface area contributed by atoms with Crippen molar-refractivity contribution < 1.29 is 0 Å². The molecule has 0 aliphatic heterocycles. The molecule has 0 aliphatic rings. The van der Waals surface area contributed by atoms with E-state index in [2.05, 4.69) is 99.7 Å². The van der Waals surface area contributed by atoms with E-state index in [-0.39, 0.29) is 0 Å². The fourth-order valence-electron chi connectivity index (χ4n) is 2.50. The van der Waals surface area contributed by atoms with Gasteiger partial charge in [-0.3, -0.25) is 4.99 Å². The Bertz CT molecular complexity index is 612. The number of hydrogen-bond donors (Lipinski definition) is 0. The predicted octanol–water partition coefficient (Wildman–Crippen LogP) is 10.7. The predicted molar refractivity (Wildman–Crippen MR) is 149 cm³/mol. The van der Waals surface area contributed by atoms with E-state index in [0.717, 1.165) is 17.7 Å². The average Bonchev–Trinajstić information content (AvgIpc) is 2.77. The van der Waals surface area contributed by atoms with E-state index in [1.165, 1.54) is 72.8 Å². The van der Waals surface area contributed by atoms with Gasteiger partial charge in [0.15, 0.2) is 0 Å². The van der Waals surface area contributed by atoms with Crippen LogP contribution in [-0.2, 0) is 6.42 Å². The fraction of sp³-hybridized carbons (Fsp3) is 0.633. The Morgan fingerprint density at radius 2 is 1.26 bits per heavy atom. The fourth-order valence-corrected chi connectivity index (χ4v) is 2.50. The van der Waals surface area contributed by atoms with Gasteiger partial charge >= 0.3 is 0 Å². The molecule has 1 heteroatoms. The first-order valence-corrected chi connectivity index (χ1v) is 12.5. The van der Waals surface area contributed by atoms with Crippen molar-refractivity contribution in [1.82, 2.24) is 0 Å². The standard InChI is InChI=1S/C13H18.C9H17N.2C4H10/c1-6-12-8-13(9(2)3)11(5)7-10(12)4;1-5-6-7-8(2)9(3)10-4;2*1-3-4-2/h7-8H,2,6H2,1,3-5H3;4-7H2,1-3H3;2*3-4H2,1-2H3/b;9-8-;;. The molecule has 0 unspecified atom stereocenters. The summed E-state index contributed by atoms with van der Waals surface area (Å²) in [5.74, 6) is 0. The zero-order valence-electron chi connectivity index (χ0n) is 23.2. The Labute approximate surface area is 197 Å². The molecule has 0 heterocycles. The van der Waals surface area contributed by atoms with Crippen LogP contribution in [0.2, 0.25) is 0 Å². The maximum absolute atomic E-state index is 3.99. The Morgan fingerprint density at radius 3 is 1.58 bits per heavy atom. The van der Waals surface area contributed by atoms with E-state index >= 15 is 0 Å². The minimum atomic E-state index is 1.09. The molecule has 1 aromatic carbocycles. The molecule has 0 aromatic heterocycles. The number of unbranched alkanes of at least 4 members (excludes halogenated alkanes) is 3. The van der Waals surface area contributed by atoms with Crippen molar-refractivity contribution in [1.29, 1.82) is 0 Å². The second kappa shape index (κ2) is 23.0. The molecule has 1 aromatic rings. The van der Waals surface area contributed by atoms with Gasteiger partial charge in [-0.05, 0) is 82.9 Å². The molecule has 0 fully saturated rings. The minimum Gasteiger partial charge on any atom is -0.269 e. The summed E-state index contributed by atoms with van der Waals surface area (Å²) in [7, 11) is 0. The number of allylic oxidation sites excluding steroid dienone is 3. The Morgan fingerprint density at radius 1 is 0.774 bits per heavy atom. The van der Waals surface area contributed by atoms with Crippen LogP contribution in [0.25, 0.3) is 5.57 Å². The van der Waals surface area contributed by atoms with E-state index in [9.17, 15) is 0 Å². The van der Waals surface area contributed by atoms with Crippen molar-refractivity contribution in [3.8, 4) is 0 Å². The number of hydrogen-bond acceptors (Lipinski definition) is 1. The van der Waals surface area contributed by atoms with Gasteiger partial charge in [0, 0.05) is 5.70 Å². The third-order valence-electron chi connectivity index (χ3n) is 5.28. The van der Waals surface area contributed by atoms with Gasteiger partial charge < -0.3 is 0 Å². The first kappa shape index (κ1) is 34.0.